The number of carbonyl (C=O) groups is 2. The average Bonchev–Trinajstić information content (AvgIpc) is 2.81. The van der Waals surface area contributed by atoms with Crippen LogP contribution in [0.25, 0.3) is 0 Å². The zero-order valence-electron chi connectivity index (χ0n) is 13.2. The second kappa shape index (κ2) is 6.36. The fourth-order valence-electron chi connectivity index (χ4n) is 2.48. The number of carbonyl (C=O) groups excluding carboxylic acids is 1. The smallest absolute Gasteiger partial charge is 0.414 e. The maximum absolute atomic E-state index is 12.3. The van der Waals surface area contributed by atoms with E-state index in [4.69, 9.17) is 9.84 Å². The lowest BCUT2D eigenvalue weighted by Gasteiger charge is -2.26. The summed E-state index contributed by atoms with van der Waals surface area (Å²) in [5.41, 5.74) is 2.29. The molecule has 2 rings (SSSR count). The summed E-state index contributed by atoms with van der Waals surface area (Å²) in [6.45, 7) is 6.37. The van der Waals surface area contributed by atoms with E-state index in [1.54, 1.807) is 4.90 Å². The van der Waals surface area contributed by atoms with Gasteiger partial charge in [0, 0.05) is 13.1 Å². The van der Waals surface area contributed by atoms with E-state index in [2.05, 4.69) is 5.32 Å². The fourth-order valence-corrected chi connectivity index (χ4v) is 2.48. The van der Waals surface area contributed by atoms with Crippen molar-refractivity contribution in [3.8, 4) is 0 Å². The Labute approximate surface area is 130 Å². The number of nitrogens with one attached hydrogen (secondary N) is 1. The monoisotopic (exact) mass is 306 g/mol. The van der Waals surface area contributed by atoms with Crippen LogP contribution in [-0.2, 0) is 22.5 Å². The van der Waals surface area contributed by atoms with E-state index in [9.17, 15) is 9.59 Å². The first-order valence-electron chi connectivity index (χ1n) is 7.32. The second-order valence-electron chi connectivity index (χ2n) is 6.30. The molecule has 0 bridgehead atoms. The first-order chi connectivity index (χ1) is 10.3. The summed E-state index contributed by atoms with van der Waals surface area (Å²) in [4.78, 5) is 24.6. The molecule has 22 heavy (non-hydrogen) atoms. The molecule has 0 saturated heterocycles. The van der Waals surface area contributed by atoms with E-state index in [1.807, 2.05) is 39.0 Å². The third-order valence-electron chi connectivity index (χ3n) is 3.28. The Morgan fingerprint density at radius 1 is 1.36 bits per heavy atom. The van der Waals surface area contributed by atoms with Crippen molar-refractivity contribution in [1.82, 2.24) is 5.32 Å². The molecule has 0 aromatic heterocycles. The standard InChI is InChI=1S/C16H22N2O4/c1-16(2,3)22-15(21)18-8-7-11-5-4-6-12(14(11)18)9-17-10-13(19)20/h4-6,17H,7-10H2,1-3H3,(H,19,20). The van der Waals surface area contributed by atoms with Crippen LogP contribution in [0.1, 0.15) is 31.9 Å². The highest BCUT2D eigenvalue weighted by atomic mass is 16.6. The number of anilines is 1. The molecule has 6 nitrogen and oxygen atoms in total. The maximum Gasteiger partial charge on any atom is 0.414 e. The molecule has 1 amide bonds. The van der Waals surface area contributed by atoms with E-state index >= 15 is 0 Å². The number of nitrogens with zero attached hydrogens (tertiary/aromatic N) is 1. The third-order valence-corrected chi connectivity index (χ3v) is 3.28. The minimum absolute atomic E-state index is 0.115. The number of ether oxygens (including phenoxy) is 1. The molecular formula is C16H22N2O4. The van der Waals surface area contributed by atoms with Crippen LogP contribution >= 0.6 is 0 Å². The molecule has 0 atom stereocenters. The minimum Gasteiger partial charge on any atom is -0.480 e. The molecule has 0 saturated carbocycles. The quantitative estimate of drug-likeness (QED) is 0.891. The molecule has 2 N–H and O–H groups in total. The van der Waals surface area contributed by atoms with Crippen LogP contribution in [0.4, 0.5) is 10.5 Å². The molecule has 0 spiro atoms. The lowest BCUT2D eigenvalue weighted by Crippen LogP contribution is -2.36. The van der Waals surface area contributed by atoms with Gasteiger partial charge >= 0.3 is 12.1 Å². The largest absolute Gasteiger partial charge is 0.480 e. The Balaban J connectivity index is 2.17. The number of rotatable bonds is 4. The van der Waals surface area contributed by atoms with Crippen LogP contribution in [0, 0.1) is 0 Å². The fraction of sp³-hybridized carbons (Fsp3) is 0.500. The molecule has 1 heterocycles. The van der Waals surface area contributed by atoms with Crippen LogP contribution < -0.4 is 10.2 Å². The van der Waals surface area contributed by atoms with Gasteiger partial charge in [0.2, 0.25) is 0 Å². The lowest BCUT2D eigenvalue weighted by atomic mass is 10.1. The molecule has 1 aliphatic heterocycles. The Hall–Kier alpha value is -2.08. The molecule has 0 radical (unpaired) electrons. The molecule has 0 unspecified atom stereocenters. The molecule has 120 valence electrons. The van der Waals surface area contributed by atoms with Crippen molar-refractivity contribution in [1.29, 1.82) is 0 Å². The van der Waals surface area contributed by atoms with Crippen LogP contribution in [0.5, 0.6) is 0 Å². The van der Waals surface area contributed by atoms with E-state index in [1.165, 1.54) is 0 Å². The van der Waals surface area contributed by atoms with Crippen LogP contribution in [-0.4, -0.2) is 35.9 Å². The number of aliphatic carboxylic acids is 1. The highest BCUT2D eigenvalue weighted by Crippen LogP contribution is 2.33. The van der Waals surface area contributed by atoms with E-state index in [-0.39, 0.29) is 12.6 Å². The van der Waals surface area contributed by atoms with Gasteiger partial charge in [-0.3, -0.25) is 9.69 Å². The van der Waals surface area contributed by atoms with Crippen molar-refractivity contribution in [3.05, 3.63) is 29.3 Å². The van der Waals surface area contributed by atoms with Crippen molar-refractivity contribution in [2.75, 3.05) is 18.0 Å². The molecule has 1 aromatic carbocycles. The second-order valence-corrected chi connectivity index (χ2v) is 6.30. The Bertz CT molecular complexity index is 578. The van der Waals surface area contributed by atoms with Crippen molar-refractivity contribution < 1.29 is 19.4 Å². The van der Waals surface area contributed by atoms with Crippen LogP contribution in [0.15, 0.2) is 18.2 Å². The van der Waals surface area contributed by atoms with Crippen molar-refractivity contribution in [2.24, 2.45) is 0 Å². The molecule has 0 aliphatic carbocycles. The van der Waals surface area contributed by atoms with Gasteiger partial charge in [-0.25, -0.2) is 4.79 Å². The highest BCUT2D eigenvalue weighted by Gasteiger charge is 2.30. The number of amides is 1. The van der Waals surface area contributed by atoms with Gasteiger partial charge in [-0.2, -0.15) is 0 Å². The summed E-state index contributed by atoms with van der Waals surface area (Å²) < 4.78 is 5.45. The van der Waals surface area contributed by atoms with E-state index in [0.717, 1.165) is 23.2 Å². The van der Waals surface area contributed by atoms with Gasteiger partial charge in [0.25, 0.3) is 0 Å². The van der Waals surface area contributed by atoms with Crippen molar-refractivity contribution >= 4 is 17.7 Å². The van der Waals surface area contributed by atoms with Gasteiger partial charge in [-0.1, -0.05) is 18.2 Å². The molecule has 1 aromatic rings. The predicted octanol–water partition coefficient (Wildman–Crippen LogP) is 2.16. The molecule has 0 fully saturated rings. The summed E-state index contributed by atoms with van der Waals surface area (Å²) >= 11 is 0. The van der Waals surface area contributed by atoms with Crippen molar-refractivity contribution in [3.63, 3.8) is 0 Å². The van der Waals surface area contributed by atoms with Gasteiger partial charge in [-0.05, 0) is 38.3 Å². The van der Waals surface area contributed by atoms with Gasteiger partial charge in [0.15, 0.2) is 0 Å². The van der Waals surface area contributed by atoms with E-state index < -0.39 is 11.6 Å². The number of hydrogen-bond acceptors (Lipinski definition) is 4. The zero-order valence-corrected chi connectivity index (χ0v) is 13.2. The number of carboxylic acids is 1. The van der Waals surface area contributed by atoms with Gasteiger partial charge in [0.05, 0.1) is 12.2 Å². The van der Waals surface area contributed by atoms with E-state index in [0.29, 0.717) is 13.1 Å². The topological polar surface area (TPSA) is 78.9 Å². The number of benzene rings is 1. The minimum atomic E-state index is -0.906. The summed E-state index contributed by atoms with van der Waals surface area (Å²) in [5.74, 6) is -0.906. The first kappa shape index (κ1) is 16.3. The number of hydrogen-bond donors (Lipinski definition) is 2. The normalized spacial score (nSPS) is 13.9. The number of carboxylic acid groups (broad SMARTS) is 1. The molecular weight excluding hydrogens is 284 g/mol. The van der Waals surface area contributed by atoms with Crippen molar-refractivity contribution in [2.45, 2.75) is 39.3 Å². The van der Waals surface area contributed by atoms with Crippen LogP contribution in [0.3, 0.4) is 0 Å². The number of fused-ring (bicyclic) bond motifs is 1. The summed E-state index contributed by atoms with van der Waals surface area (Å²) in [5, 5.41) is 11.6. The molecule has 1 aliphatic rings. The van der Waals surface area contributed by atoms with Gasteiger partial charge < -0.3 is 15.2 Å². The third kappa shape index (κ3) is 3.98. The lowest BCUT2D eigenvalue weighted by molar-refractivity contribution is -0.136. The predicted molar refractivity (Wildman–Crippen MR) is 83.1 cm³/mol. The SMILES string of the molecule is CC(C)(C)OC(=O)N1CCc2cccc(CNCC(=O)O)c21. The molecule has 6 heteroatoms. The zero-order chi connectivity index (χ0) is 16.3. The summed E-state index contributed by atoms with van der Waals surface area (Å²) in [6, 6.07) is 5.81. The summed E-state index contributed by atoms with van der Waals surface area (Å²) in [6.07, 6.45) is 0.415. The van der Waals surface area contributed by atoms with Gasteiger partial charge in [0.1, 0.15) is 5.60 Å². The van der Waals surface area contributed by atoms with Gasteiger partial charge in [-0.15, -0.1) is 0 Å². The Morgan fingerprint density at radius 2 is 2.09 bits per heavy atom. The Morgan fingerprint density at radius 3 is 2.73 bits per heavy atom. The maximum atomic E-state index is 12.3. The average molecular weight is 306 g/mol. The summed E-state index contributed by atoms with van der Waals surface area (Å²) in [7, 11) is 0. The highest BCUT2D eigenvalue weighted by molar-refractivity contribution is 5.91. The Kier molecular flexibility index (Phi) is 4.71. The van der Waals surface area contributed by atoms with Crippen LogP contribution in [0.2, 0.25) is 0 Å². The first-order valence-corrected chi connectivity index (χ1v) is 7.32. The number of para-hydroxylation sites is 1.